The molecule has 96 valence electrons. The van der Waals surface area contributed by atoms with E-state index in [0.717, 1.165) is 6.42 Å². The minimum absolute atomic E-state index is 0.568. The van der Waals surface area contributed by atoms with Gasteiger partial charge in [-0.3, -0.25) is 0 Å². The van der Waals surface area contributed by atoms with Gasteiger partial charge in [0.15, 0.2) is 0 Å². The van der Waals surface area contributed by atoms with Crippen molar-refractivity contribution in [3.63, 3.8) is 0 Å². The Bertz CT molecular complexity index is 771. The van der Waals surface area contributed by atoms with Gasteiger partial charge in [-0.2, -0.15) is 0 Å². The number of rotatable bonds is 2. The van der Waals surface area contributed by atoms with Crippen molar-refractivity contribution in [1.29, 1.82) is 0 Å². The Balaban J connectivity index is 1.90. The minimum atomic E-state index is 0.568. The van der Waals surface area contributed by atoms with E-state index < -0.39 is 0 Å². The molecule has 2 aromatic rings. The van der Waals surface area contributed by atoms with Crippen LogP contribution in [0.3, 0.4) is 0 Å². The second-order valence-electron chi connectivity index (χ2n) is 5.42. The molecule has 0 saturated heterocycles. The van der Waals surface area contributed by atoms with Crippen LogP contribution in [-0.4, -0.2) is 0 Å². The zero-order valence-electron chi connectivity index (χ0n) is 11.3. The van der Waals surface area contributed by atoms with Gasteiger partial charge in [0.25, 0.3) is 0 Å². The molecule has 0 radical (unpaired) electrons. The third-order valence-corrected chi connectivity index (χ3v) is 4.16. The largest absolute Gasteiger partial charge is 0.0870 e. The smallest absolute Gasteiger partial charge is 0.00643 e. The zero-order valence-corrected chi connectivity index (χ0v) is 11.3. The first-order valence-corrected chi connectivity index (χ1v) is 7.16. The van der Waals surface area contributed by atoms with Crippen LogP contribution in [0.25, 0.3) is 16.3 Å². The summed E-state index contributed by atoms with van der Waals surface area (Å²) in [7, 11) is 0. The Morgan fingerprint density at radius 3 is 2.35 bits per heavy atom. The summed E-state index contributed by atoms with van der Waals surface area (Å²) in [4.78, 5) is 0. The molecule has 2 aliphatic rings. The molecule has 0 saturated carbocycles. The summed E-state index contributed by atoms with van der Waals surface area (Å²) in [6, 6.07) is 15.4. The van der Waals surface area contributed by atoms with Crippen LogP contribution in [-0.2, 0) is 0 Å². The van der Waals surface area contributed by atoms with E-state index in [1.807, 2.05) is 0 Å². The van der Waals surface area contributed by atoms with Crippen molar-refractivity contribution >= 4 is 16.3 Å². The Hall–Kier alpha value is -2.34. The molecule has 0 spiro atoms. The lowest BCUT2D eigenvalue weighted by atomic mass is 9.80. The van der Waals surface area contributed by atoms with Gasteiger partial charge in [-0.1, -0.05) is 72.9 Å². The van der Waals surface area contributed by atoms with E-state index in [0.29, 0.717) is 5.92 Å². The lowest BCUT2D eigenvalue weighted by Crippen LogP contribution is -2.07. The van der Waals surface area contributed by atoms with Crippen molar-refractivity contribution in [3.05, 3.63) is 90.1 Å². The number of hydrogen-bond acceptors (Lipinski definition) is 0. The highest BCUT2D eigenvalue weighted by atomic mass is 14.2. The van der Waals surface area contributed by atoms with E-state index in [4.69, 9.17) is 0 Å². The second-order valence-corrected chi connectivity index (χ2v) is 5.42. The van der Waals surface area contributed by atoms with Crippen LogP contribution in [0, 0.1) is 5.92 Å². The van der Waals surface area contributed by atoms with Gasteiger partial charge in [-0.05, 0) is 40.0 Å². The van der Waals surface area contributed by atoms with E-state index in [9.17, 15) is 0 Å². The SMILES string of the molecule is C1=CC(=C(c2ccc3ccccc3c2)C2C=CC2)C=C1. The van der Waals surface area contributed by atoms with Gasteiger partial charge in [0.1, 0.15) is 0 Å². The predicted octanol–water partition coefficient (Wildman–Crippen LogP) is 5.30. The maximum absolute atomic E-state index is 2.32. The Labute approximate surface area is 119 Å². The van der Waals surface area contributed by atoms with Crippen molar-refractivity contribution in [2.24, 2.45) is 5.92 Å². The normalized spacial score (nSPS) is 19.6. The van der Waals surface area contributed by atoms with Crippen molar-refractivity contribution < 1.29 is 0 Å². The fourth-order valence-corrected chi connectivity index (χ4v) is 2.99. The highest BCUT2D eigenvalue weighted by molar-refractivity contribution is 5.88. The van der Waals surface area contributed by atoms with Gasteiger partial charge >= 0.3 is 0 Å². The third kappa shape index (κ3) is 1.85. The van der Waals surface area contributed by atoms with Gasteiger partial charge < -0.3 is 0 Å². The number of hydrogen-bond donors (Lipinski definition) is 0. The molecule has 0 amide bonds. The van der Waals surface area contributed by atoms with E-state index in [-0.39, 0.29) is 0 Å². The molecule has 0 aromatic heterocycles. The number of fused-ring (bicyclic) bond motifs is 1. The van der Waals surface area contributed by atoms with Gasteiger partial charge in [0.05, 0.1) is 0 Å². The molecule has 1 atom stereocenters. The topological polar surface area (TPSA) is 0 Å². The monoisotopic (exact) mass is 256 g/mol. The van der Waals surface area contributed by atoms with E-state index in [2.05, 4.69) is 78.9 Å². The van der Waals surface area contributed by atoms with Crippen molar-refractivity contribution in [2.45, 2.75) is 6.42 Å². The minimum Gasteiger partial charge on any atom is -0.0870 e. The first kappa shape index (κ1) is 11.5. The molecular weight excluding hydrogens is 240 g/mol. The van der Waals surface area contributed by atoms with E-state index in [1.165, 1.54) is 27.5 Å². The molecule has 0 heteroatoms. The fraction of sp³-hybridized carbons (Fsp3) is 0.100. The molecule has 0 heterocycles. The summed E-state index contributed by atoms with van der Waals surface area (Å²) in [5.41, 5.74) is 4.17. The third-order valence-electron chi connectivity index (χ3n) is 4.16. The standard InChI is InChI=1S/C20H16/c1-4-9-18-14-19(13-12-15(18)6-1)20(17-10-5-11-17)16-7-2-3-8-16/h1-10,12-14,17H,11H2. The van der Waals surface area contributed by atoms with Crippen LogP contribution in [0.1, 0.15) is 12.0 Å². The molecule has 2 aliphatic carbocycles. The number of allylic oxidation sites excluding steroid dienone is 8. The zero-order chi connectivity index (χ0) is 13.4. The maximum Gasteiger partial charge on any atom is 0.00643 e. The molecule has 2 aromatic carbocycles. The highest BCUT2D eigenvalue weighted by Gasteiger charge is 2.20. The van der Waals surface area contributed by atoms with Crippen molar-refractivity contribution in [3.8, 4) is 0 Å². The van der Waals surface area contributed by atoms with Crippen molar-refractivity contribution in [1.82, 2.24) is 0 Å². The number of benzene rings is 2. The molecule has 0 bridgehead atoms. The Morgan fingerprint density at radius 1 is 0.900 bits per heavy atom. The molecule has 1 unspecified atom stereocenters. The summed E-state index contributed by atoms with van der Waals surface area (Å²) in [6.07, 6.45) is 14.4. The lowest BCUT2D eigenvalue weighted by Gasteiger charge is -2.24. The summed E-state index contributed by atoms with van der Waals surface area (Å²) >= 11 is 0. The predicted molar refractivity (Wildman–Crippen MR) is 86.4 cm³/mol. The molecule has 0 fully saturated rings. The first-order valence-electron chi connectivity index (χ1n) is 7.16. The quantitative estimate of drug-likeness (QED) is 0.640. The van der Waals surface area contributed by atoms with Gasteiger partial charge in [0, 0.05) is 5.92 Å². The van der Waals surface area contributed by atoms with Gasteiger partial charge in [-0.25, -0.2) is 0 Å². The van der Waals surface area contributed by atoms with Gasteiger partial charge in [-0.15, -0.1) is 0 Å². The summed E-state index contributed by atoms with van der Waals surface area (Å²) in [5.74, 6) is 0.568. The van der Waals surface area contributed by atoms with Crippen LogP contribution in [0.2, 0.25) is 0 Å². The molecule has 0 N–H and O–H groups in total. The lowest BCUT2D eigenvalue weighted by molar-refractivity contribution is 0.778. The molecule has 4 rings (SSSR count). The van der Waals surface area contributed by atoms with Crippen LogP contribution < -0.4 is 0 Å². The molecule has 0 aliphatic heterocycles. The Morgan fingerprint density at radius 2 is 1.65 bits per heavy atom. The van der Waals surface area contributed by atoms with Crippen LogP contribution in [0.5, 0.6) is 0 Å². The maximum atomic E-state index is 2.32. The first-order chi connectivity index (χ1) is 9.92. The molecule has 0 nitrogen and oxygen atoms in total. The summed E-state index contributed by atoms with van der Waals surface area (Å²) in [6.45, 7) is 0. The highest BCUT2D eigenvalue weighted by Crippen LogP contribution is 2.38. The average molecular weight is 256 g/mol. The van der Waals surface area contributed by atoms with Gasteiger partial charge in [0.2, 0.25) is 0 Å². The van der Waals surface area contributed by atoms with Crippen LogP contribution >= 0.6 is 0 Å². The Kier molecular flexibility index (Phi) is 2.67. The fourth-order valence-electron chi connectivity index (χ4n) is 2.99. The van der Waals surface area contributed by atoms with Crippen molar-refractivity contribution in [2.75, 3.05) is 0 Å². The summed E-state index contributed by atoms with van der Waals surface area (Å²) in [5, 5.41) is 2.62. The average Bonchev–Trinajstić information content (AvgIpc) is 2.96. The van der Waals surface area contributed by atoms with Crippen LogP contribution in [0.4, 0.5) is 0 Å². The molecule has 20 heavy (non-hydrogen) atoms. The van der Waals surface area contributed by atoms with E-state index >= 15 is 0 Å². The molecular formula is C20H16. The second kappa shape index (κ2) is 4.64. The summed E-state index contributed by atoms with van der Waals surface area (Å²) < 4.78 is 0. The van der Waals surface area contributed by atoms with E-state index in [1.54, 1.807) is 0 Å². The van der Waals surface area contributed by atoms with Crippen LogP contribution in [0.15, 0.2) is 84.5 Å².